The van der Waals surface area contributed by atoms with Crippen LogP contribution in [0, 0.1) is 45.3 Å². The van der Waals surface area contributed by atoms with E-state index in [4.69, 9.17) is 0 Å². The molecule has 2 aromatic heterocycles. The van der Waals surface area contributed by atoms with Gasteiger partial charge in [0, 0.05) is 65.4 Å². The standard InChI is InChI=1S/2C8H10N2.2Y/c1-4-8(3)10-6-5-7(2)9-10;1-4-5-10-6-7(2)8(3)9-10;;/h2*5H,1-3H3;;/q2*-2;;. The van der Waals surface area contributed by atoms with E-state index in [2.05, 4.69) is 34.7 Å². The van der Waals surface area contributed by atoms with Gasteiger partial charge in [-0.3, -0.25) is 16.4 Å². The van der Waals surface area contributed by atoms with Crippen molar-refractivity contribution in [3.8, 4) is 0 Å². The first-order chi connectivity index (χ1) is 9.47. The average Bonchev–Trinajstić information content (AvgIpc) is 2.97. The maximum atomic E-state index is 4.14. The molecule has 0 amide bonds. The zero-order valence-corrected chi connectivity index (χ0v) is 19.8. The van der Waals surface area contributed by atoms with Gasteiger partial charge in [-0.05, 0) is 11.4 Å². The average molecular weight is 446 g/mol. The zero-order valence-electron chi connectivity index (χ0n) is 14.1. The maximum absolute atomic E-state index is 4.14. The van der Waals surface area contributed by atoms with Gasteiger partial charge < -0.3 is 21.5 Å². The molecule has 4 nitrogen and oxygen atoms in total. The van der Waals surface area contributed by atoms with Crippen molar-refractivity contribution in [1.82, 2.24) is 19.6 Å². The minimum Gasteiger partial charge on any atom is -0.552 e. The molecule has 114 valence electrons. The number of rotatable bonds is 2. The molecule has 0 aliphatic rings. The summed E-state index contributed by atoms with van der Waals surface area (Å²) in [6.07, 6.45) is 13.6. The summed E-state index contributed by atoms with van der Waals surface area (Å²) in [7, 11) is 0. The molecule has 0 saturated carbocycles. The van der Waals surface area contributed by atoms with Crippen molar-refractivity contribution >= 4 is 11.9 Å². The second-order valence-corrected chi connectivity index (χ2v) is 4.35. The SMILES string of the molecule is C[C-]=C(C)n1[c-]cc(C)n1.C[C-]=Cn1[c-]c(C)c(C)n1.[Y].[Y]. The molecule has 0 aliphatic heterocycles. The van der Waals surface area contributed by atoms with E-state index >= 15 is 0 Å². The fraction of sp³-hybridized carbons (Fsp3) is 0.375. The summed E-state index contributed by atoms with van der Waals surface area (Å²) < 4.78 is 3.33. The molecular formula is C16H20N4Y2-4. The fourth-order valence-electron chi connectivity index (χ4n) is 1.35. The van der Waals surface area contributed by atoms with Crippen LogP contribution in [-0.4, -0.2) is 19.6 Å². The summed E-state index contributed by atoms with van der Waals surface area (Å²) >= 11 is 0. The second-order valence-electron chi connectivity index (χ2n) is 4.35. The fourth-order valence-corrected chi connectivity index (χ4v) is 1.35. The summed E-state index contributed by atoms with van der Waals surface area (Å²) in [4.78, 5) is 0. The van der Waals surface area contributed by atoms with Crippen LogP contribution in [0.4, 0.5) is 0 Å². The van der Waals surface area contributed by atoms with E-state index in [0.29, 0.717) is 0 Å². The van der Waals surface area contributed by atoms with Crippen molar-refractivity contribution < 1.29 is 65.4 Å². The molecule has 0 saturated heterocycles. The molecule has 0 bridgehead atoms. The van der Waals surface area contributed by atoms with Gasteiger partial charge in [0.1, 0.15) is 0 Å². The summed E-state index contributed by atoms with van der Waals surface area (Å²) in [5.41, 5.74) is 4.07. The van der Waals surface area contributed by atoms with Crippen molar-refractivity contribution in [2.45, 2.75) is 41.5 Å². The van der Waals surface area contributed by atoms with E-state index in [9.17, 15) is 0 Å². The minimum atomic E-state index is 0. The third-order valence-corrected chi connectivity index (χ3v) is 2.67. The van der Waals surface area contributed by atoms with Crippen LogP contribution in [0.3, 0.4) is 0 Å². The molecule has 0 fully saturated rings. The molecule has 2 radical (unpaired) electrons. The molecule has 0 spiro atoms. The monoisotopic (exact) mass is 446 g/mol. The predicted octanol–water partition coefficient (Wildman–Crippen LogP) is 3.26. The van der Waals surface area contributed by atoms with Crippen LogP contribution >= 0.6 is 0 Å². The number of allylic oxidation sites excluding steroid dienone is 3. The number of aryl methyl sites for hydroxylation is 3. The van der Waals surface area contributed by atoms with E-state index in [1.54, 1.807) is 15.6 Å². The molecule has 0 aliphatic carbocycles. The van der Waals surface area contributed by atoms with Crippen molar-refractivity contribution in [3.05, 3.63) is 47.6 Å². The van der Waals surface area contributed by atoms with Gasteiger partial charge in [-0.2, -0.15) is 0 Å². The Hall–Kier alpha value is 0.108. The zero-order chi connectivity index (χ0) is 15.1. The normalized spacial score (nSPS) is 10.5. The van der Waals surface area contributed by atoms with E-state index in [0.717, 1.165) is 22.6 Å². The quantitative estimate of drug-likeness (QED) is 0.665. The van der Waals surface area contributed by atoms with Gasteiger partial charge in [-0.25, -0.2) is 19.5 Å². The molecule has 2 heterocycles. The summed E-state index contributed by atoms with van der Waals surface area (Å²) in [6.45, 7) is 11.5. The van der Waals surface area contributed by atoms with Crippen LogP contribution in [0.25, 0.3) is 11.9 Å². The van der Waals surface area contributed by atoms with Crippen molar-refractivity contribution in [2.75, 3.05) is 0 Å². The van der Waals surface area contributed by atoms with E-state index in [1.807, 2.05) is 47.6 Å². The topological polar surface area (TPSA) is 35.6 Å². The number of hydrogen-bond donors (Lipinski definition) is 0. The predicted molar refractivity (Wildman–Crippen MR) is 80.3 cm³/mol. The van der Waals surface area contributed by atoms with E-state index < -0.39 is 0 Å². The molecule has 0 atom stereocenters. The van der Waals surface area contributed by atoms with Crippen LogP contribution in [0.15, 0.2) is 6.07 Å². The summed E-state index contributed by atoms with van der Waals surface area (Å²) in [5.74, 6) is 0. The van der Waals surface area contributed by atoms with Crippen molar-refractivity contribution in [1.29, 1.82) is 0 Å². The molecule has 0 N–H and O–H groups in total. The van der Waals surface area contributed by atoms with Crippen molar-refractivity contribution in [3.63, 3.8) is 0 Å². The van der Waals surface area contributed by atoms with Gasteiger partial charge in [0.25, 0.3) is 0 Å². The maximum Gasteiger partial charge on any atom is 0 e. The van der Waals surface area contributed by atoms with Gasteiger partial charge in [0.2, 0.25) is 0 Å². The Morgan fingerprint density at radius 3 is 2.18 bits per heavy atom. The van der Waals surface area contributed by atoms with E-state index in [1.165, 1.54) is 0 Å². The first-order valence-corrected chi connectivity index (χ1v) is 6.39. The van der Waals surface area contributed by atoms with E-state index in [-0.39, 0.29) is 65.4 Å². The molecule has 0 unspecified atom stereocenters. The Labute approximate surface area is 184 Å². The smallest absolute Gasteiger partial charge is 0 e. The van der Waals surface area contributed by atoms with Crippen molar-refractivity contribution in [2.24, 2.45) is 0 Å². The van der Waals surface area contributed by atoms with Crippen LogP contribution in [0.2, 0.25) is 0 Å². The second kappa shape index (κ2) is 12.5. The van der Waals surface area contributed by atoms with Gasteiger partial charge in [-0.1, -0.05) is 33.2 Å². The van der Waals surface area contributed by atoms with Crippen LogP contribution in [0.1, 0.15) is 37.7 Å². The molecule has 2 rings (SSSR count). The van der Waals surface area contributed by atoms with Gasteiger partial charge in [0.15, 0.2) is 0 Å². The Kier molecular flexibility index (Phi) is 13.9. The molecule has 22 heavy (non-hydrogen) atoms. The number of nitrogens with zero attached hydrogens (tertiary/aromatic N) is 4. The first-order valence-electron chi connectivity index (χ1n) is 6.39. The third kappa shape index (κ3) is 8.10. The third-order valence-electron chi connectivity index (χ3n) is 2.67. The largest absolute Gasteiger partial charge is 0.552 e. The minimum absolute atomic E-state index is 0. The Bertz CT molecular complexity index is 590. The Balaban J connectivity index is 0. The molecule has 2 aromatic rings. The van der Waals surface area contributed by atoms with Crippen LogP contribution in [0.5, 0.6) is 0 Å². The van der Waals surface area contributed by atoms with Gasteiger partial charge in [0.05, 0.1) is 0 Å². The number of hydrogen-bond acceptors (Lipinski definition) is 2. The molecule has 6 heteroatoms. The Morgan fingerprint density at radius 2 is 1.82 bits per heavy atom. The summed E-state index contributed by atoms with van der Waals surface area (Å²) in [6, 6.07) is 1.85. The Morgan fingerprint density at radius 1 is 1.18 bits per heavy atom. The first kappa shape index (κ1) is 24.4. The van der Waals surface area contributed by atoms with Crippen LogP contribution < -0.4 is 0 Å². The van der Waals surface area contributed by atoms with Gasteiger partial charge >= 0.3 is 0 Å². The summed E-state index contributed by atoms with van der Waals surface area (Å²) in [5, 5.41) is 8.29. The van der Waals surface area contributed by atoms with Gasteiger partial charge in [-0.15, -0.1) is 18.6 Å². The molecule has 0 aromatic carbocycles. The molecular weight excluding hydrogens is 426 g/mol. The number of aromatic nitrogens is 4. The van der Waals surface area contributed by atoms with Crippen LogP contribution in [-0.2, 0) is 65.4 Å².